The fourth-order valence-corrected chi connectivity index (χ4v) is 3.30. The van der Waals surface area contributed by atoms with Crippen molar-refractivity contribution in [2.75, 3.05) is 24.5 Å². The second-order valence-electron chi connectivity index (χ2n) is 6.19. The molecule has 2 rings (SSSR count). The molecule has 0 radical (unpaired) electrons. The monoisotopic (exact) mass is 309 g/mol. The molecule has 0 bridgehead atoms. The number of aromatic nitrogens is 1. The van der Waals surface area contributed by atoms with Crippen LogP contribution in [0, 0.1) is 5.41 Å². The third-order valence-electron chi connectivity index (χ3n) is 4.92. The molecule has 4 heteroatoms. The predicted octanol–water partition coefficient (Wildman–Crippen LogP) is 4.25. The first kappa shape index (κ1) is 16.6. The molecular formula is C17H28ClN3. The molecule has 0 aliphatic carbocycles. The molecule has 1 aromatic heterocycles. The molecule has 1 saturated heterocycles. The first-order valence-electron chi connectivity index (χ1n) is 8.24. The molecule has 0 aromatic carbocycles. The molecule has 21 heavy (non-hydrogen) atoms. The zero-order chi connectivity index (χ0) is 15.3. The van der Waals surface area contributed by atoms with Gasteiger partial charge in [-0.1, -0.05) is 32.4 Å². The molecule has 118 valence electrons. The van der Waals surface area contributed by atoms with Gasteiger partial charge in [-0.05, 0) is 49.3 Å². The van der Waals surface area contributed by atoms with E-state index in [1.165, 1.54) is 19.3 Å². The van der Waals surface area contributed by atoms with Crippen LogP contribution >= 0.6 is 11.6 Å². The summed E-state index contributed by atoms with van der Waals surface area (Å²) in [4.78, 5) is 6.97. The first-order chi connectivity index (χ1) is 10.1. The first-order valence-corrected chi connectivity index (χ1v) is 8.62. The van der Waals surface area contributed by atoms with Gasteiger partial charge in [-0.3, -0.25) is 0 Å². The molecule has 2 heterocycles. The Morgan fingerprint density at radius 2 is 2.10 bits per heavy atom. The molecule has 0 saturated carbocycles. The Kier molecular flexibility index (Phi) is 5.88. The summed E-state index contributed by atoms with van der Waals surface area (Å²) in [5.41, 5.74) is 1.63. The maximum absolute atomic E-state index is 6.27. The minimum Gasteiger partial charge on any atom is -0.356 e. The van der Waals surface area contributed by atoms with Crippen LogP contribution in [0.3, 0.4) is 0 Å². The van der Waals surface area contributed by atoms with E-state index >= 15 is 0 Å². The SMILES string of the molecule is CCCNCc1cc(N2CCC(CC)(CC)C2)ncc1Cl. The number of nitrogens with zero attached hydrogens (tertiary/aromatic N) is 2. The summed E-state index contributed by atoms with van der Waals surface area (Å²) >= 11 is 6.27. The van der Waals surface area contributed by atoms with Crippen LogP contribution in [0.4, 0.5) is 5.82 Å². The molecule has 1 fully saturated rings. The number of anilines is 1. The summed E-state index contributed by atoms with van der Waals surface area (Å²) in [5, 5.41) is 4.18. The Morgan fingerprint density at radius 1 is 1.33 bits per heavy atom. The van der Waals surface area contributed by atoms with E-state index in [1.807, 2.05) is 0 Å². The highest BCUT2D eigenvalue weighted by Gasteiger charge is 2.35. The van der Waals surface area contributed by atoms with Crippen LogP contribution in [0.15, 0.2) is 12.3 Å². The minimum atomic E-state index is 0.474. The van der Waals surface area contributed by atoms with E-state index in [-0.39, 0.29) is 0 Å². The van der Waals surface area contributed by atoms with Crippen LogP contribution in [0.2, 0.25) is 5.02 Å². The van der Waals surface area contributed by atoms with Crippen LogP contribution in [-0.4, -0.2) is 24.6 Å². The summed E-state index contributed by atoms with van der Waals surface area (Å²) in [6.45, 7) is 10.9. The van der Waals surface area contributed by atoms with E-state index in [9.17, 15) is 0 Å². The molecule has 1 aliphatic heterocycles. The second-order valence-corrected chi connectivity index (χ2v) is 6.60. The standard InChI is InChI=1S/C17H28ClN3/c1-4-8-19-11-14-10-16(20-12-15(14)18)21-9-7-17(5-2,6-3)13-21/h10,12,19H,4-9,11,13H2,1-3H3. The predicted molar refractivity (Wildman–Crippen MR) is 91.1 cm³/mol. The third-order valence-corrected chi connectivity index (χ3v) is 5.27. The van der Waals surface area contributed by atoms with Crippen LogP contribution < -0.4 is 10.2 Å². The highest BCUT2D eigenvalue weighted by atomic mass is 35.5. The van der Waals surface area contributed by atoms with Crippen molar-refractivity contribution >= 4 is 17.4 Å². The summed E-state index contributed by atoms with van der Waals surface area (Å²) < 4.78 is 0. The van der Waals surface area contributed by atoms with Gasteiger partial charge in [-0.15, -0.1) is 0 Å². The molecule has 0 atom stereocenters. The van der Waals surface area contributed by atoms with Crippen molar-refractivity contribution in [1.29, 1.82) is 0 Å². The van der Waals surface area contributed by atoms with Gasteiger partial charge < -0.3 is 10.2 Å². The molecule has 3 nitrogen and oxygen atoms in total. The van der Waals surface area contributed by atoms with Crippen LogP contribution in [0.25, 0.3) is 0 Å². The van der Waals surface area contributed by atoms with Crippen molar-refractivity contribution in [3.63, 3.8) is 0 Å². The number of hydrogen-bond acceptors (Lipinski definition) is 3. The van der Waals surface area contributed by atoms with Crippen molar-refractivity contribution in [3.05, 3.63) is 22.8 Å². The van der Waals surface area contributed by atoms with E-state index in [4.69, 9.17) is 11.6 Å². The molecule has 1 aliphatic rings. The topological polar surface area (TPSA) is 28.2 Å². The Balaban J connectivity index is 2.09. The minimum absolute atomic E-state index is 0.474. The van der Waals surface area contributed by atoms with E-state index in [2.05, 4.69) is 42.0 Å². The van der Waals surface area contributed by atoms with Gasteiger partial charge in [-0.25, -0.2) is 4.98 Å². The lowest BCUT2D eigenvalue weighted by Crippen LogP contribution is -2.27. The summed E-state index contributed by atoms with van der Waals surface area (Å²) in [6, 6.07) is 2.16. The van der Waals surface area contributed by atoms with Gasteiger partial charge in [0.2, 0.25) is 0 Å². The highest BCUT2D eigenvalue weighted by molar-refractivity contribution is 6.31. The van der Waals surface area contributed by atoms with Gasteiger partial charge in [0.15, 0.2) is 0 Å². The number of rotatable bonds is 7. The Morgan fingerprint density at radius 3 is 2.71 bits per heavy atom. The summed E-state index contributed by atoms with van der Waals surface area (Å²) in [7, 11) is 0. The van der Waals surface area contributed by atoms with E-state index in [0.717, 1.165) is 49.0 Å². The molecule has 1 aromatic rings. The lowest BCUT2D eigenvalue weighted by molar-refractivity contribution is 0.301. The number of pyridine rings is 1. The Labute approximate surface area is 134 Å². The number of halogens is 1. The Hall–Kier alpha value is -0.800. The lowest BCUT2D eigenvalue weighted by atomic mass is 9.82. The zero-order valence-electron chi connectivity index (χ0n) is 13.6. The fourth-order valence-electron chi connectivity index (χ4n) is 3.13. The molecular weight excluding hydrogens is 282 g/mol. The summed E-state index contributed by atoms with van der Waals surface area (Å²) in [5.74, 6) is 1.08. The molecule has 1 N–H and O–H groups in total. The van der Waals surface area contributed by atoms with Crippen molar-refractivity contribution < 1.29 is 0 Å². The largest absolute Gasteiger partial charge is 0.356 e. The van der Waals surface area contributed by atoms with Gasteiger partial charge >= 0.3 is 0 Å². The third kappa shape index (κ3) is 3.89. The zero-order valence-corrected chi connectivity index (χ0v) is 14.3. The van der Waals surface area contributed by atoms with Gasteiger partial charge in [0.1, 0.15) is 5.82 Å². The van der Waals surface area contributed by atoms with E-state index in [1.54, 1.807) is 6.20 Å². The maximum atomic E-state index is 6.27. The molecule has 0 amide bonds. The maximum Gasteiger partial charge on any atom is 0.128 e. The quantitative estimate of drug-likeness (QED) is 0.763. The van der Waals surface area contributed by atoms with Gasteiger partial charge in [0.05, 0.1) is 5.02 Å². The highest BCUT2D eigenvalue weighted by Crippen LogP contribution is 2.38. The van der Waals surface area contributed by atoms with Crippen molar-refractivity contribution in [3.8, 4) is 0 Å². The van der Waals surface area contributed by atoms with Crippen molar-refractivity contribution in [1.82, 2.24) is 10.3 Å². The molecule has 0 unspecified atom stereocenters. The smallest absolute Gasteiger partial charge is 0.128 e. The van der Waals surface area contributed by atoms with Crippen molar-refractivity contribution in [2.45, 2.75) is 53.0 Å². The fraction of sp³-hybridized carbons (Fsp3) is 0.706. The van der Waals surface area contributed by atoms with Crippen LogP contribution in [-0.2, 0) is 6.54 Å². The van der Waals surface area contributed by atoms with Gasteiger partial charge in [-0.2, -0.15) is 0 Å². The van der Waals surface area contributed by atoms with E-state index < -0.39 is 0 Å². The van der Waals surface area contributed by atoms with Crippen LogP contribution in [0.5, 0.6) is 0 Å². The second kappa shape index (κ2) is 7.46. The van der Waals surface area contributed by atoms with Crippen LogP contribution in [0.1, 0.15) is 52.0 Å². The number of hydrogen-bond donors (Lipinski definition) is 1. The normalized spacial score (nSPS) is 17.4. The average molecular weight is 310 g/mol. The Bertz CT molecular complexity index is 457. The van der Waals surface area contributed by atoms with Gasteiger partial charge in [0.25, 0.3) is 0 Å². The number of nitrogens with one attached hydrogen (secondary N) is 1. The van der Waals surface area contributed by atoms with Gasteiger partial charge in [0, 0.05) is 25.8 Å². The van der Waals surface area contributed by atoms with E-state index in [0.29, 0.717) is 5.41 Å². The summed E-state index contributed by atoms with van der Waals surface area (Å²) in [6.07, 6.45) is 6.71. The lowest BCUT2D eigenvalue weighted by Gasteiger charge is -2.27. The average Bonchev–Trinajstić information content (AvgIpc) is 2.94. The molecule has 0 spiro atoms. The van der Waals surface area contributed by atoms with Crippen molar-refractivity contribution in [2.24, 2.45) is 5.41 Å².